The average Bonchev–Trinajstić information content (AvgIpc) is 4.01. The van der Waals surface area contributed by atoms with Gasteiger partial charge in [-0.25, -0.2) is 9.97 Å². The van der Waals surface area contributed by atoms with E-state index in [9.17, 15) is 4.79 Å². The number of fused-ring (bicyclic) bond motifs is 10. The Morgan fingerprint density at radius 1 is 0.533 bits per heavy atom. The van der Waals surface area contributed by atoms with E-state index in [1.807, 2.05) is 68.4 Å². The van der Waals surface area contributed by atoms with E-state index in [1.165, 1.54) is 32.6 Å². The standard InChI is InChI=1S/C19H12IN3.C19H13N3.C11H15IO3/c20-13-10-11-17-18(12-13)23-16-9-5-4-8-15(16)21-19(23)22(17)14-6-2-1-3-7-14;1-2-8-14(9-3-1)21-17-12-6-7-13-18(17)22-16-11-5-4-10-15(16)20-19(21)22;1-9(2)14-12(15-10(3)13)11-7-5-4-6-8-11/h1-12H;1-13H;4-9H,1-3H3. The van der Waals surface area contributed by atoms with Gasteiger partial charge in [0.1, 0.15) is 0 Å². The Bertz CT molecular complexity index is 3250. The number of halogens is 2. The predicted octanol–water partition coefficient (Wildman–Crippen LogP) is 12.6. The van der Waals surface area contributed by atoms with Gasteiger partial charge in [-0.2, -0.15) is 0 Å². The van der Waals surface area contributed by atoms with Crippen LogP contribution in [-0.4, -0.2) is 40.0 Å². The van der Waals surface area contributed by atoms with Crippen LogP contribution in [0.25, 0.3) is 67.1 Å². The number of carbonyl (C=O) groups is 1. The van der Waals surface area contributed by atoms with Crippen molar-refractivity contribution in [3.63, 3.8) is 0 Å². The fraction of sp³-hybridized carbons (Fsp3) is 0.0816. The van der Waals surface area contributed by atoms with E-state index >= 15 is 0 Å². The minimum atomic E-state index is -2.24. The number of rotatable bonds is 6. The summed E-state index contributed by atoms with van der Waals surface area (Å²) in [6.45, 7) is 5.30. The van der Waals surface area contributed by atoms with Crippen molar-refractivity contribution >= 4 is 105 Å². The SMILES string of the molecule is CC(=O)OI(OC(C)C)c1ccccc1.Ic1ccc2c(c1)n1c3ccccc3nc1n2-c1ccccc1.c1ccc(-n2c3ccccc3n3c4ccccc4nc23)cc1. The number of benzene rings is 7. The van der Waals surface area contributed by atoms with Crippen LogP contribution in [0.1, 0.15) is 20.8 Å². The first kappa shape index (κ1) is 39.4. The summed E-state index contributed by atoms with van der Waals surface area (Å²) in [5.41, 5.74) is 11.3. The maximum absolute atomic E-state index is 10.9. The molecule has 0 fully saturated rings. The Morgan fingerprint density at radius 2 is 0.967 bits per heavy atom. The van der Waals surface area contributed by atoms with Gasteiger partial charge in [0.2, 0.25) is 11.6 Å². The van der Waals surface area contributed by atoms with Crippen molar-refractivity contribution in [1.29, 1.82) is 0 Å². The topological polar surface area (TPSA) is 80.0 Å². The van der Waals surface area contributed by atoms with Crippen molar-refractivity contribution in [3.8, 4) is 11.4 Å². The minimum Gasteiger partial charge on any atom is -0.278 e. The maximum atomic E-state index is 10.9. The molecule has 0 aliphatic rings. The summed E-state index contributed by atoms with van der Waals surface area (Å²) in [5.74, 6) is 1.63. The summed E-state index contributed by atoms with van der Waals surface area (Å²) in [5, 5.41) is 0. The molecule has 0 saturated carbocycles. The van der Waals surface area contributed by atoms with Crippen LogP contribution >= 0.6 is 43.2 Å². The number of carbonyl (C=O) groups excluding carboxylic acids is 1. The Balaban J connectivity index is 0.000000119. The van der Waals surface area contributed by atoms with Gasteiger partial charge in [-0.3, -0.25) is 17.9 Å². The molecule has 0 unspecified atom stereocenters. The second-order valence-corrected chi connectivity index (χ2v) is 18.8. The zero-order valence-electron chi connectivity index (χ0n) is 33.1. The van der Waals surface area contributed by atoms with Crippen LogP contribution in [0.4, 0.5) is 0 Å². The normalized spacial score (nSPS) is 11.6. The van der Waals surface area contributed by atoms with Crippen LogP contribution < -0.4 is 0 Å². The van der Waals surface area contributed by atoms with Gasteiger partial charge in [0, 0.05) is 14.9 Å². The van der Waals surface area contributed by atoms with Gasteiger partial charge in [0.25, 0.3) is 0 Å². The van der Waals surface area contributed by atoms with E-state index in [2.05, 4.69) is 168 Å². The average molecular weight is 1010 g/mol. The molecule has 0 aliphatic heterocycles. The summed E-state index contributed by atoms with van der Waals surface area (Å²) in [4.78, 5) is 20.7. The van der Waals surface area contributed by atoms with Gasteiger partial charge in [-0.1, -0.05) is 72.8 Å². The molecule has 4 aromatic heterocycles. The quantitative estimate of drug-likeness (QED) is 0.155. The molecule has 60 heavy (non-hydrogen) atoms. The van der Waals surface area contributed by atoms with E-state index in [-0.39, 0.29) is 12.1 Å². The molecular weight excluding hydrogens is 974 g/mol. The van der Waals surface area contributed by atoms with Crippen molar-refractivity contribution in [2.24, 2.45) is 0 Å². The van der Waals surface area contributed by atoms with E-state index in [1.54, 1.807) is 0 Å². The van der Waals surface area contributed by atoms with Crippen LogP contribution in [0.2, 0.25) is 0 Å². The van der Waals surface area contributed by atoms with Crippen LogP contribution in [0.15, 0.2) is 182 Å². The van der Waals surface area contributed by atoms with Crippen LogP contribution in [0, 0.1) is 7.14 Å². The summed E-state index contributed by atoms with van der Waals surface area (Å²) >= 11 is 0.120. The molecule has 0 aliphatic carbocycles. The number of hydrogen-bond donors (Lipinski definition) is 0. The van der Waals surface area contributed by atoms with Gasteiger partial charge < -0.3 is 0 Å². The smallest absolute Gasteiger partial charge is 0.220 e. The number of para-hydroxylation sites is 8. The first-order valence-corrected chi connectivity index (χ1v) is 23.4. The zero-order chi connectivity index (χ0) is 41.2. The van der Waals surface area contributed by atoms with Crippen molar-refractivity contribution in [2.45, 2.75) is 26.9 Å². The minimum absolute atomic E-state index is 0.0785. The second-order valence-electron chi connectivity index (χ2n) is 14.2. The molecule has 7 aromatic carbocycles. The molecule has 4 heterocycles. The molecular formula is C49H40I2N6O3. The maximum Gasteiger partial charge on any atom is 0.220 e. The van der Waals surface area contributed by atoms with Crippen molar-refractivity contribution < 1.29 is 10.9 Å². The zero-order valence-corrected chi connectivity index (χ0v) is 37.4. The summed E-state index contributed by atoms with van der Waals surface area (Å²) in [7, 11) is 0. The molecule has 0 atom stereocenters. The summed E-state index contributed by atoms with van der Waals surface area (Å²) < 4.78 is 22.1. The summed E-state index contributed by atoms with van der Waals surface area (Å²) in [6.07, 6.45) is 0.0785. The Kier molecular flexibility index (Phi) is 11.4. The van der Waals surface area contributed by atoms with Crippen molar-refractivity contribution in [1.82, 2.24) is 27.9 Å². The molecule has 0 N–H and O–H groups in total. The first-order chi connectivity index (χ1) is 29.4. The van der Waals surface area contributed by atoms with Gasteiger partial charge in [0.15, 0.2) is 0 Å². The number of nitrogens with zero attached hydrogens (tertiary/aromatic N) is 6. The monoisotopic (exact) mass is 1010 g/mol. The van der Waals surface area contributed by atoms with Gasteiger partial charge in [-0.05, 0) is 101 Å². The Morgan fingerprint density at radius 3 is 1.48 bits per heavy atom. The van der Waals surface area contributed by atoms with E-state index in [0.717, 1.165) is 48.6 Å². The fourth-order valence-corrected chi connectivity index (χ4v) is 10.9. The molecule has 298 valence electrons. The van der Waals surface area contributed by atoms with Crippen molar-refractivity contribution in [2.75, 3.05) is 0 Å². The molecule has 0 radical (unpaired) electrons. The molecule has 0 spiro atoms. The number of aromatic nitrogens is 6. The largest absolute Gasteiger partial charge is 0.278 e. The van der Waals surface area contributed by atoms with Crippen LogP contribution in [-0.2, 0) is 10.9 Å². The molecule has 11 aromatic rings. The molecule has 0 amide bonds. The first-order valence-electron chi connectivity index (χ1n) is 19.5. The molecule has 0 bridgehead atoms. The molecule has 11 heteroatoms. The summed E-state index contributed by atoms with van der Waals surface area (Å²) in [6, 6.07) is 62.0. The van der Waals surface area contributed by atoms with Crippen LogP contribution in [0.3, 0.4) is 0 Å². The number of hydrogen-bond acceptors (Lipinski definition) is 5. The molecule has 9 nitrogen and oxygen atoms in total. The molecule has 0 saturated heterocycles. The van der Waals surface area contributed by atoms with Gasteiger partial charge >= 0.3 is 98.3 Å². The Labute approximate surface area is 368 Å². The third-order valence-corrected chi connectivity index (χ3v) is 14.6. The predicted molar refractivity (Wildman–Crippen MR) is 259 cm³/mol. The Hall–Kier alpha value is -6.03. The van der Waals surface area contributed by atoms with E-state index in [4.69, 9.17) is 16.1 Å². The van der Waals surface area contributed by atoms with Gasteiger partial charge in [0.05, 0.1) is 44.1 Å². The van der Waals surface area contributed by atoms with Gasteiger partial charge in [-0.15, -0.1) is 0 Å². The fourth-order valence-electron chi connectivity index (χ4n) is 7.28. The van der Waals surface area contributed by atoms with Crippen LogP contribution in [0.5, 0.6) is 0 Å². The van der Waals surface area contributed by atoms with E-state index < -0.39 is 20.6 Å². The van der Waals surface area contributed by atoms with Crippen molar-refractivity contribution in [3.05, 3.63) is 189 Å². The third-order valence-electron chi connectivity index (χ3n) is 9.65. The van der Waals surface area contributed by atoms with E-state index in [0.29, 0.717) is 0 Å². The molecule has 11 rings (SSSR count). The number of imidazole rings is 4. The second kappa shape index (κ2) is 17.3. The third kappa shape index (κ3) is 7.75.